The maximum atomic E-state index is 9.70. The molecule has 0 rings (SSSR count). The zero-order valence-corrected chi connectivity index (χ0v) is 6.77. The van der Waals surface area contributed by atoms with Crippen molar-refractivity contribution in [2.24, 2.45) is 5.92 Å². The van der Waals surface area contributed by atoms with E-state index < -0.39 is 5.97 Å². The third-order valence-corrected chi connectivity index (χ3v) is 0.494. The van der Waals surface area contributed by atoms with Gasteiger partial charge in [0.2, 0.25) is 0 Å². The van der Waals surface area contributed by atoms with Gasteiger partial charge < -0.3 is 5.11 Å². The molecule has 0 heterocycles. The predicted molar refractivity (Wildman–Crippen MR) is 38.9 cm³/mol. The van der Waals surface area contributed by atoms with E-state index in [2.05, 4.69) is 0 Å². The molecule has 0 aliphatic heterocycles. The number of hydrogen-bond acceptors (Lipinski definition) is 1. The number of alkyl halides is 1. The molecule has 2 nitrogen and oxygen atoms in total. The summed E-state index contributed by atoms with van der Waals surface area (Å²) in [6, 6.07) is 0. The van der Waals surface area contributed by atoms with E-state index >= 15 is 0 Å². The van der Waals surface area contributed by atoms with Gasteiger partial charge in [-0.05, 0) is 0 Å². The molecule has 0 saturated heterocycles. The quantitative estimate of drug-likeness (QED) is 0.584. The first-order chi connectivity index (χ1) is 4.06. The average molecular weight is 153 g/mol. The first-order valence-electron chi connectivity index (χ1n) is 2.85. The molecule has 0 spiro atoms. The van der Waals surface area contributed by atoms with Gasteiger partial charge in [0.15, 0.2) is 0 Å². The first-order valence-corrected chi connectivity index (χ1v) is 3.38. The molecule has 0 unspecified atom stereocenters. The van der Waals surface area contributed by atoms with Gasteiger partial charge in [-0.25, -0.2) is 0 Å². The van der Waals surface area contributed by atoms with Crippen molar-refractivity contribution in [2.45, 2.75) is 20.8 Å². The highest BCUT2D eigenvalue weighted by Crippen LogP contribution is 1.87. The summed E-state index contributed by atoms with van der Waals surface area (Å²) in [5.74, 6) is -0.250. The van der Waals surface area contributed by atoms with Crippen LogP contribution in [0.1, 0.15) is 20.8 Å². The Morgan fingerprint density at radius 3 is 1.78 bits per heavy atom. The lowest BCUT2D eigenvalue weighted by Crippen LogP contribution is -2.03. The molecule has 3 heteroatoms. The second-order valence-electron chi connectivity index (χ2n) is 1.76. The zero-order valence-electron chi connectivity index (χ0n) is 6.02. The zero-order chi connectivity index (χ0) is 7.86. The van der Waals surface area contributed by atoms with Crippen LogP contribution < -0.4 is 0 Å². The summed E-state index contributed by atoms with van der Waals surface area (Å²) in [5, 5.41) is 7.99. The summed E-state index contributed by atoms with van der Waals surface area (Å²) < 4.78 is 0. The summed E-state index contributed by atoms with van der Waals surface area (Å²) in [6.45, 7) is 5.17. The van der Waals surface area contributed by atoms with Crippen molar-refractivity contribution in [1.82, 2.24) is 0 Å². The maximum absolute atomic E-state index is 9.70. The van der Waals surface area contributed by atoms with Gasteiger partial charge in [0.1, 0.15) is 0 Å². The van der Waals surface area contributed by atoms with Gasteiger partial charge >= 0.3 is 5.97 Å². The van der Waals surface area contributed by atoms with Gasteiger partial charge in [0.05, 0.1) is 5.92 Å². The van der Waals surface area contributed by atoms with Crippen LogP contribution in [0.15, 0.2) is 0 Å². The highest BCUT2D eigenvalue weighted by molar-refractivity contribution is 6.17. The maximum Gasteiger partial charge on any atom is 0.305 e. The minimum Gasteiger partial charge on any atom is -0.481 e. The van der Waals surface area contributed by atoms with E-state index in [0.717, 1.165) is 5.88 Å². The minimum absolute atomic E-state index is 0.231. The van der Waals surface area contributed by atoms with E-state index in [1.54, 1.807) is 13.8 Å². The van der Waals surface area contributed by atoms with Crippen molar-refractivity contribution in [3.05, 3.63) is 0 Å². The van der Waals surface area contributed by atoms with Gasteiger partial charge in [-0.3, -0.25) is 4.79 Å². The number of carbonyl (C=O) groups is 1. The molecule has 0 bridgehead atoms. The Morgan fingerprint density at radius 1 is 1.67 bits per heavy atom. The molecule has 0 aliphatic carbocycles. The van der Waals surface area contributed by atoms with Crippen molar-refractivity contribution in [3.8, 4) is 0 Å². The molecule has 0 atom stereocenters. The molecule has 1 N–H and O–H groups in total. The molecule has 0 amide bonds. The Kier molecular flexibility index (Phi) is 9.95. The Balaban J connectivity index is 0. The van der Waals surface area contributed by atoms with Crippen molar-refractivity contribution >= 4 is 17.6 Å². The lowest BCUT2D eigenvalue weighted by atomic mass is 10.2. The van der Waals surface area contributed by atoms with E-state index in [0.29, 0.717) is 0 Å². The number of hydrogen-bond donors (Lipinski definition) is 1. The van der Waals surface area contributed by atoms with Crippen molar-refractivity contribution in [2.75, 3.05) is 5.88 Å². The summed E-state index contributed by atoms with van der Waals surface area (Å²) >= 11 is 5.00. The smallest absolute Gasteiger partial charge is 0.305 e. The number of carboxylic acid groups (broad SMARTS) is 1. The van der Waals surface area contributed by atoms with Crippen LogP contribution in [0.25, 0.3) is 0 Å². The standard InChI is InChI=1S/C4H8O2.C2H5Cl/c1-3(2)4(5)6;1-2-3/h3H,1-2H3,(H,5,6);2H2,1H3. The average Bonchev–Trinajstić information content (AvgIpc) is 1.68. The number of rotatable bonds is 1. The van der Waals surface area contributed by atoms with E-state index in [4.69, 9.17) is 16.7 Å². The normalized spacial score (nSPS) is 8.11. The first kappa shape index (κ1) is 11.5. The molecule has 0 aromatic heterocycles. The molecule has 0 fully saturated rings. The molecule has 0 aliphatic rings. The molecule has 0 saturated carbocycles. The van der Waals surface area contributed by atoms with Crippen LogP contribution in [0.3, 0.4) is 0 Å². The molecule has 0 radical (unpaired) electrons. The van der Waals surface area contributed by atoms with Crippen LogP contribution in [-0.4, -0.2) is 17.0 Å². The third-order valence-electron chi connectivity index (χ3n) is 0.494. The summed E-state index contributed by atoms with van der Waals surface area (Å²) in [4.78, 5) is 9.70. The third kappa shape index (κ3) is 18.2. The highest BCUT2D eigenvalue weighted by Gasteiger charge is 1.99. The largest absolute Gasteiger partial charge is 0.481 e. The Bertz CT molecular complexity index is 71.5. The van der Waals surface area contributed by atoms with Crippen LogP contribution in [0.2, 0.25) is 0 Å². The second-order valence-corrected chi connectivity index (χ2v) is 2.29. The van der Waals surface area contributed by atoms with E-state index in [1.165, 1.54) is 0 Å². The van der Waals surface area contributed by atoms with Crippen LogP contribution in [-0.2, 0) is 4.79 Å². The fourth-order valence-corrected chi connectivity index (χ4v) is 0. The van der Waals surface area contributed by atoms with Crippen LogP contribution in [0.5, 0.6) is 0 Å². The molecule has 0 aromatic rings. The molecule has 0 aromatic carbocycles. The van der Waals surface area contributed by atoms with Gasteiger partial charge in [0.25, 0.3) is 0 Å². The highest BCUT2D eigenvalue weighted by atomic mass is 35.5. The minimum atomic E-state index is -0.741. The number of aliphatic carboxylic acids is 1. The molecular weight excluding hydrogens is 140 g/mol. The Morgan fingerprint density at radius 2 is 1.78 bits per heavy atom. The lowest BCUT2D eigenvalue weighted by molar-refractivity contribution is -0.140. The molecular formula is C6H13ClO2. The van der Waals surface area contributed by atoms with Crippen molar-refractivity contribution in [1.29, 1.82) is 0 Å². The fraction of sp³-hybridized carbons (Fsp3) is 0.833. The molecule has 9 heavy (non-hydrogen) atoms. The monoisotopic (exact) mass is 152 g/mol. The van der Waals surface area contributed by atoms with Gasteiger partial charge in [-0.1, -0.05) is 20.8 Å². The fourth-order valence-electron chi connectivity index (χ4n) is 0. The van der Waals surface area contributed by atoms with Crippen molar-refractivity contribution in [3.63, 3.8) is 0 Å². The Labute approximate surface area is 60.8 Å². The topological polar surface area (TPSA) is 37.3 Å². The van der Waals surface area contributed by atoms with Crippen LogP contribution >= 0.6 is 11.6 Å². The van der Waals surface area contributed by atoms with E-state index in [-0.39, 0.29) is 5.92 Å². The summed E-state index contributed by atoms with van der Waals surface area (Å²) in [7, 11) is 0. The van der Waals surface area contributed by atoms with Crippen molar-refractivity contribution < 1.29 is 9.90 Å². The van der Waals surface area contributed by atoms with E-state index in [9.17, 15) is 4.79 Å². The predicted octanol–water partition coefficient (Wildman–Crippen LogP) is 1.97. The van der Waals surface area contributed by atoms with Crippen LogP contribution in [0.4, 0.5) is 0 Å². The molecule has 56 valence electrons. The van der Waals surface area contributed by atoms with Gasteiger partial charge in [0, 0.05) is 5.88 Å². The lowest BCUT2D eigenvalue weighted by Gasteiger charge is -1.89. The second kappa shape index (κ2) is 7.76. The number of carboxylic acids is 1. The number of halogens is 1. The Hall–Kier alpha value is -0.240. The van der Waals surface area contributed by atoms with E-state index in [1.807, 2.05) is 6.92 Å². The SMILES string of the molecule is CC(C)C(=O)O.CCCl. The summed E-state index contributed by atoms with van der Waals surface area (Å²) in [5.41, 5.74) is 0. The van der Waals surface area contributed by atoms with Crippen LogP contribution in [0, 0.1) is 5.92 Å². The summed E-state index contributed by atoms with van der Waals surface area (Å²) in [6.07, 6.45) is 0. The van der Waals surface area contributed by atoms with Gasteiger partial charge in [-0.2, -0.15) is 0 Å². The van der Waals surface area contributed by atoms with Gasteiger partial charge in [-0.15, -0.1) is 11.6 Å².